The third kappa shape index (κ3) is 3.08. The van der Waals surface area contributed by atoms with E-state index in [1.807, 2.05) is 25.1 Å². The summed E-state index contributed by atoms with van der Waals surface area (Å²) in [5.74, 6) is 1.24. The van der Waals surface area contributed by atoms with E-state index in [0.29, 0.717) is 12.5 Å². The number of hydrogen-bond donors (Lipinski definition) is 1. The molecule has 0 saturated carbocycles. The largest absolute Gasteiger partial charge is 0.494 e. The van der Waals surface area contributed by atoms with Crippen LogP contribution in [0.5, 0.6) is 5.75 Å². The molecule has 1 N–H and O–H groups in total. The Morgan fingerprint density at radius 3 is 3.00 bits per heavy atom. The van der Waals surface area contributed by atoms with E-state index in [1.54, 1.807) is 5.51 Å². The third-order valence-electron chi connectivity index (χ3n) is 2.12. The van der Waals surface area contributed by atoms with E-state index >= 15 is 0 Å². The van der Waals surface area contributed by atoms with Crippen molar-refractivity contribution in [3.63, 3.8) is 0 Å². The van der Waals surface area contributed by atoms with Gasteiger partial charge in [-0.05, 0) is 25.1 Å². The van der Waals surface area contributed by atoms with Crippen LogP contribution in [0.25, 0.3) is 0 Å². The molecule has 0 aliphatic rings. The van der Waals surface area contributed by atoms with Crippen LogP contribution < -0.4 is 10.1 Å². The van der Waals surface area contributed by atoms with Crippen LogP contribution in [0.3, 0.4) is 0 Å². The van der Waals surface area contributed by atoms with Crippen molar-refractivity contribution in [2.45, 2.75) is 12.8 Å². The molecule has 0 fully saturated rings. The first kappa shape index (κ1) is 12.1. The zero-order chi connectivity index (χ0) is 12.1. The molecule has 0 aliphatic carbocycles. The second-order valence-corrected chi connectivity index (χ2v) is 4.36. The first-order chi connectivity index (χ1) is 8.33. The van der Waals surface area contributed by atoms with Crippen LogP contribution in [0, 0.1) is 0 Å². The number of nitrogens with one attached hydrogen (secondary N) is 1. The SMILES string of the molecule is CCOc1ccc(Nc2nncs2)cc1CCl. The van der Waals surface area contributed by atoms with Gasteiger partial charge < -0.3 is 10.1 Å². The molecule has 0 radical (unpaired) electrons. The number of ether oxygens (including phenoxy) is 1. The zero-order valence-electron chi connectivity index (χ0n) is 9.31. The third-order valence-corrected chi connectivity index (χ3v) is 3.01. The molecule has 2 rings (SSSR count). The number of anilines is 2. The summed E-state index contributed by atoms with van der Waals surface area (Å²) in [5, 5.41) is 11.6. The highest BCUT2D eigenvalue weighted by molar-refractivity contribution is 7.13. The standard InChI is InChI=1S/C11H12ClN3OS/c1-2-16-10-4-3-9(5-8(10)6-12)14-11-15-13-7-17-11/h3-5,7H,2,6H2,1H3,(H,14,15). The minimum Gasteiger partial charge on any atom is -0.494 e. The monoisotopic (exact) mass is 269 g/mol. The molecule has 0 unspecified atom stereocenters. The highest BCUT2D eigenvalue weighted by Gasteiger charge is 2.05. The van der Waals surface area contributed by atoms with E-state index < -0.39 is 0 Å². The molecule has 0 bridgehead atoms. The minimum atomic E-state index is 0.418. The first-order valence-corrected chi connectivity index (χ1v) is 6.59. The molecule has 4 nitrogen and oxygen atoms in total. The summed E-state index contributed by atoms with van der Waals surface area (Å²) in [7, 11) is 0. The second-order valence-electron chi connectivity index (χ2n) is 3.26. The van der Waals surface area contributed by atoms with Crippen LogP contribution in [0.1, 0.15) is 12.5 Å². The van der Waals surface area contributed by atoms with Gasteiger partial charge in [-0.25, -0.2) is 0 Å². The Bertz CT molecular complexity index is 476. The lowest BCUT2D eigenvalue weighted by atomic mass is 10.2. The van der Waals surface area contributed by atoms with Crippen LogP contribution in [0.2, 0.25) is 0 Å². The van der Waals surface area contributed by atoms with Crippen molar-refractivity contribution in [3.8, 4) is 5.75 Å². The molecular formula is C11H12ClN3OS. The molecule has 17 heavy (non-hydrogen) atoms. The molecule has 0 saturated heterocycles. The Morgan fingerprint density at radius 1 is 1.47 bits per heavy atom. The van der Waals surface area contributed by atoms with Gasteiger partial charge in [0.25, 0.3) is 0 Å². The Hall–Kier alpha value is -1.33. The van der Waals surface area contributed by atoms with Crippen LogP contribution in [-0.2, 0) is 5.88 Å². The number of benzene rings is 1. The summed E-state index contributed by atoms with van der Waals surface area (Å²) in [6.45, 7) is 2.58. The lowest BCUT2D eigenvalue weighted by Gasteiger charge is -2.10. The molecule has 1 aromatic heterocycles. The fraction of sp³-hybridized carbons (Fsp3) is 0.273. The molecule has 0 aliphatic heterocycles. The van der Waals surface area contributed by atoms with Gasteiger partial charge in [0.15, 0.2) is 0 Å². The highest BCUT2D eigenvalue weighted by atomic mass is 35.5. The van der Waals surface area contributed by atoms with Crippen molar-refractivity contribution < 1.29 is 4.74 Å². The summed E-state index contributed by atoms with van der Waals surface area (Å²) < 4.78 is 5.48. The quantitative estimate of drug-likeness (QED) is 0.845. The lowest BCUT2D eigenvalue weighted by Crippen LogP contribution is -1.97. The molecule has 6 heteroatoms. The van der Waals surface area contributed by atoms with Crippen LogP contribution in [0.15, 0.2) is 23.7 Å². The Kier molecular flexibility index (Phi) is 4.17. The number of halogens is 1. The van der Waals surface area contributed by atoms with Crippen LogP contribution in [0.4, 0.5) is 10.8 Å². The van der Waals surface area contributed by atoms with Gasteiger partial charge in [0.2, 0.25) is 5.13 Å². The minimum absolute atomic E-state index is 0.418. The van der Waals surface area contributed by atoms with Crippen molar-refractivity contribution in [3.05, 3.63) is 29.3 Å². The van der Waals surface area contributed by atoms with Gasteiger partial charge in [-0.3, -0.25) is 0 Å². The summed E-state index contributed by atoms with van der Waals surface area (Å²) in [6, 6.07) is 5.80. The van der Waals surface area contributed by atoms with Crippen molar-refractivity contribution in [1.82, 2.24) is 10.2 Å². The molecular weight excluding hydrogens is 258 g/mol. The van der Waals surface area contributed by atoms with Crippen LogP contribution in [-0.4, -0.2) is 16.8 Å². The van der Waals surface area contributed by atoms with E-state index in [4.69, 9.17) is 16.3 Å². The molecule has 90 valence electrons. The maximum absolute atomic E-state index is 5.89. The predicted molar refractivity (Wildman–Crippen MR) is 70.4 cm³/mol. The number of rotatable bonds is 5. The molecule has 1 aromatic carbocycles. The van der Waals surface area contributed by atoms with Gasteiger partial charge in [-0.1, -0.05) is 11.3 Å². The van der Waals surface area contributed by atoms with Crippen LogP contribution >= 0.6 is 22.9 Å². The molecule has 1 heterocycles. The molecule has 2 aromatic rings. The topological polar surface area (TPSA) is 47.0 Å². The normalized spacial score (nSPS) is 10.2. The second kappa shape index (κ2) is 5.84. The number of alkyl halides is 1. The first-order valence-electron chi connectivity index (χ1n) is 5.18. The van der Waals surface area contributed by atoms with E-state index in [0.717, 1.165) is 22.1 Å². The van der Waals surface area contributed by atoms with E-state index in [-0.39, 0.29) is 0 Å². The summed E-state index contributed by atoms with van der Waals surface area (Å²) in [6.07, 6.45) is 0. The average molecular weight is 270 g/mol. The zero-order valence-corrected chi connectivity index (χ0v) is 10.9. The van der Waals surface area contributed by atoms with E-state index in [2.05, 4.69) is 15.5 Å². The molecule has 0 atom stereocenters. The van der Waals surface area contributed by atoms with Gasteiger partial charge >= 0.3 is 0 Å². The van der Waals surface area contributed by atoms with Crippen molar-refractivity contribution in [1.29, 1.82) is 0 Å². The van der Waals surface area contributed by atoms with E-state index in [1.165, 1.54) is 11.3 Å². The van der Waals surface area contributed by atoms with Gasteiger partial charge in [0, 0.05) is 11.3 Å². The van der Waals surface area contributed by atoms with Gasteiger partial charge in [-0.15, -0.1) is 21.8 Å². The average Bonchev–Trinajstić information content (AvgIpc) is 2.84. The number of hydrogen-bond acceptors (Lipinski definition) is 5. The Morgan fingerprint density at radius 2 is 2.35 bits per heavy atom. The number of nitrogens with zero attached hydrogens (tertiary/aromatic N) is 2. The fourth-order valence-corrected chi connectivity index (χ4v) is 2.08. The Labute approximate surface area is 109 Å². The predicted octanol–water partition coefficient (Wildman–Crippen LogP) is 3.42. The van der Waals surface area contributed by atoms with Gasteiger partial charge in [0.05, 0.1) is 12.5 Å². The van der Waals surface area contributed by atoms with Crippen molar-refractivity contribution in [2.75, 3.05) is 11.9 Å². The maximum Gasteiger partial charge on any atom is 0.209 e. The summed E-state index contributed by atoms with van der Waals surface area (Å²) in [4.78, 5) is 0. The lowest BCUT2D eigenvalue weighted by molar-refractivity contribution is 0.337. The number of aromatic nitrogens is 2. The van der Waals surface area contributed by atoms with Gasteiger partial charge in [0.1, 0.15) is 11.3 Å². The molecule has 0 spiro atoms. The smallest absolute Gasteiger partial charge is 0.209 e. The van der Waals surface area contributed by atoms with E-state index in [9.17, 15) is 0 Å². The Balaban J connectivity index is 2.19. The fourth-order valence-electron chi connectivity index (χ4n) is 1.41. The van der Waals surface area contributed by atoms with Gasteiger partial charge in [-0.2, -0.15) is 0 Å². The summed E-state index contributed by atoms with van der Waals surface area (Å²) in [5.41, 5.74) is 3.57. The summed E-state index contributed by atoms with van der Waals surface area (Å²) >= 11 is 7.34. The molecule has 0 amide bonds. The van der Waals surface area contributed by atoms with Crippen molar-refractivity contribution in [2.24, 2.45) is 0 Å². The highest BCUT2D eigenvalue weighted by Crippen LogP contribution is 2.26. The maximum atomic E-state index is 5.89. The van der Waals surface area contributed by atoms with Crippen molar-refractivity contribution >= 4 is 33.8 Å².